The number of hydrogen-bond donors (Lipinski definition) is 1. The van der Waals surface area contributed by atoms with Gasteiger partial charge in [0.2, 0.25) is 0 Å². The quantitative estimate of drug-likeness (QED) is 0.795. The van der Waals surface area contributed by atoms with Gasteiger partial charge in [0.15, 0.2) is 0 Å². The molecule has 0 aliphatic rings. The van der Waals surface area contributed by atoms with Crippen molar-refractivity contribution in [3.63, 3.8) is 0 Å². The third-order valence-corrected chi connectivity index (χ3v) is 1.84. The summed E-state index contributed by atoms with van der Waals surface area (Å²) in [6, 6.07) is 0. The molecule has 0 unspecified atom stereocenters. The van der Waals surface area contributed by atoms with Crippen molar-refractivity contribution in [1.82, 2.24) is 20.3 Å². The highest BCUT2D eigenvalue weighted by molar-refractivity contribution is 4.92. The molecule has 1 aromatic rings. The van der Waals surface area contributed by atoms with Crippen LogP contribution >= 0.6 is 0 Å². The van der Waals surface area contributed by atoms with E-state index in [1.165, 1.54) is 0 Å². The molecule has 1 aromatic heterocycles. The molecule has 1 heterocycles. The van der Waals surface area contributed by atoms with Gasteiger partial charge < -0.3 is 5.32 Å². The molecule has 0 radical (unpaired) electrons. The minimum atomic E-state index is 0.133. The van der Waals surface area contributed by atoms with Gasteiger partial charge in [-0.15, -0.1) is 5.10 Å². The monoisotopic (exact) mass is 196 g/mol. The maximum Gasteiger partial charge on any atom is 0.0965 e. The second kappa shape index (κ2) is 4.55. The second-order valence-electron chi connectivity index (χ2n) is 4.58. The lowest BCUT2D eigenvalue weighted by molar-refractivity contribution is 0.421. The summed E-state index contributed by atoms with van der Waals surface area (Å²) in [7, 11) is 0. The van der Waals surface area contributed by atoms with Crippen molar-refractivity contribution >= 4 is 0 Å². The Morgan fingerprint density at radius 3 is 2.71 bits per heavy atom. The van der Waals surface area contributed by atoms with E-state index in [2.05, 4.69) is 43.3 Å². The molecule has 14 heavy (non-hydrogen) atoms. The zero-order chi connectivity index (χ0) is 10.6. The highest BCUT2D eigenvalue weighted by atomic mass is 15.4. The smallest absolute Gasteiger partial charge is 0.0965 e. The van der Waals surface area contributed by atoms with Crippen LogP contribution in [0.5, 0.6) is 0 Å². The molecule has 0 saturated heterocycles. The highest BCUT2D eigenvalue weighted by Gasteiger charge is 2.09. The fraction of sp³-hybridized carbons (Fsp3) is 0.800. The molecule has 1 rings (SSSR count). The number of hydrogen-bond acceptors (Lipinski definition) is 3. The first-order valence-corrected chi connectivity index (χ1v) is 5.15. The minimum Gasteiger partial charge on any atom is -0.306 e. The third-order valence-electron chi connectivity index (χ3n) is 1.84. The van der Waals surface area contributed by atoms with Gasteiger partial charge in [-0.3, -0.25) is 4.68 Å². The molecule has 0 amide bonds. The summed E-state index contributed by atoms with van der Waals surface area (Å²) >= 11 is 0. The van der Waals surface area contributed by atoms with E-state index < -0.39 is 0 Å². The van der Waals surface area contributed by atoms with Crippen molar-refractivity contribution in [3.8, 4) is 0 Å². The standard InChI is InChI=1S/C10H20N4/c1-5-6-14-8-9(12-13-14)7-11-10(2,3)4/h8,11H,5-7H2,1-4H3. The van der Waals surface area contributed by atoms with Crippen molar-refractivity contribution < 1.29 is 0 Å². The normalized spacial score (nSPS) is 12.0. The molecular formula is C10H20N4. The van der Waals surface area contributed by atoms with Crippen LogP contribution in [-0.4, -0.2) is 20.5 Å². The van der Waals surface area contributed by atoms with Gasteiger partial charge in [-0.2, -0.15) is 0 Å². The molecule has 0 spiro atoms. The highest BCUT2D eigenvalue weighted by Crippen LogP contribution is 2.01. The predicted octanol–water partition coefficient (Wildman–Crippen LogP) is 1.58. The van der Waals surface area contributed by atoms with E-state index in [9.17, 15) is 0 Å². The van der Waals surface area contributed by atoms with E-state index in [0.717, 1.165) is 25.2 Å². The molecule has 0 fully saturated rings. The lowest BCUT2D eigenvalue weighted by Gasteiger charge is -2.19. The number of aromatic nitrogens is 3. The van der Waals surface area contributed by atoms with Crippen molar-refractivity contribution in [2.45, 2.75) is 52.7 Å². The lowest BCUT2D eigenvalue weighted by atomic mass is 10.1. The third kappa shape index (κ3) is 3.87. The zero-order valence-corrected chi connectivity index (χ0v) is 9.54. The van der Waals surface area contributed by atoms with E-state index >= 15 is 0 Å². The van der Waals surface area contributed by atoms with Gasteiger partial charge >= 0.3 is 0 Å². The summed E-state index contributed by atoms with van der Waals surface area (Å²) in [5.41, 5.74) is 1.14. The Balaban J connectivity index is 2.44. The molecule has 0 atom stereocenters. The molecule has 1 N–H and O–H groups in total. The topological polar surface area (TPSA) is 42.7 Å². The van der Waals surface area contributed by atoms with Crippen molar-refractivity contribution in [2.75, 3.05) is 0 Å². The van der Waals surface area contributed by atoms with Crippen LogP contribution in [0.2, 0.25) is 0 Å². The minimum absolute atomic E-state index is 0.133. The van der Waals surface area contributed by atoms with Crippen LogP contribution in [0.3, 0.4) is 0 Å². The Bertz CT molecular complexity index is 272. The van der Waals surface area contributed by atoms with Crippen molar-refractivity contribution in [3.05, 3.63) is 11.9 Å². The SMILES string of the molecule is CCCn1cc(CNC(C)(C)C)nn1. The van der Waals surface area contributed by atoms with E-state index in [1.54, 1.807) is 0 Å². The van der Waals surface area contributed by atoms with E-state index in [1.807, 2.05) is 10.9 Å². The molecule has 80 valence electrons. The number of aryl methyl sites for hydroxylation is 1. The summed E-state index contributed by atoms with van der Waals surface area (Å²) in [4.78, 5) is 0. The second-order valence-corrected chi connectivity index (χ2v) is 4.58. The van der Waals surface area contributed by atoms with Crippen LogP contribution in [0.1, 0.15) is 39.8 Å². The van der Waals surface area contributed by atoms with Crippen LogP contribution in [0, 0.1) is 0 Å². The van der Waals surface area contributed by atoms with Gasteiger partial charge in [-0.25, -0.2) is 0 Å². The van der Waals surface area contributed by atoms with Gasteiger partial charge in [0.1, 0.15) is 0 Å². The average molecular weight is 196 g/mol. The van der Waals surface area contributed by atoms with Crippen LogP contribution in [0.25, 0.3) is 0 Å². The summed E-state index contributed by atoms with van der Waals surface area (Å²) < 4.78 is 1.89. The lowest BCUT2D eigenvalue weighted by Crippen LogP contribution is -2.35. The molecular weight excluding hydrogens is 176 g/mol. The van der Waals surface area contributed by atoms with E-state index in [4.69, 9.17) is 0 Å². The first-order chi connectivity index (χ1) is 6.51. The van der Waals surface area contributed by atoms with E-state index in [0.29, 0.717) is 0 Å². The first-order valence-electron chi connectivity index (χ1n) is 5.15. The molecule has 0 aromatic carbocycles. The van der Waals surface area contributed by atoms with Gasteiger partial charge in [-0.1, -0.05) is 12.1 Å². The van der Waals surface area contributed by atoms with Crippen LogP contribution in [0.4, 0.5) is 0 Å². The number of rotatable bonds is 4. The Morgan fingerprint density at radius 1 is 1.43 bits per heavy atom. The maximum absolute atomic E-state index is 4.09. The predicted molar refractivity (Wildman–Crippen MR) is 56.9 cm³/mol. The van der Waals surface area contributed by atoms with Gasteiger partial charge in [0.25, 0.3) is 0 Å². The Kier molecular flexibility index (Phi) is 3.63. The fourth-order valence-electron chi connectivity index (χ4n) is 1.11. The van der Waals surface area contributed by atoms with Crippen molar-refractivity contribution in [1.29, 1.82) is 0 Å². The summed E-state index contributed by atoms with van der Waals surface area (Å²) in [5.74, 6) is 0. The molecule has 4 nitrogen and oxygen atoms in total. The summed E-state index contributed by atoms with van der Waals surface area (Å²) in [6.45, 7) is 10.3. The number of nitrogens with one attached hydrogen (secondary N) is 1. The van der Waals surface area contributed by atoms with Crippen LogP contribution in [-0.2, 0) is 13.1 Å². The van der Waals surface area contributed by atoms with Crippen LogP contribution < -0.4 is 5.32 Å². The largest absolute Gasteiger partial charge is 0.306 e. The zero-order valence-electron chi connectivity index (χ0n) is 9.54. The fourth-order valence-corrected chi connectivity index (χ4v) is 1.11. The van der Waals surface area contributed by atoms with Gasteiger partial charge in [0, 0.05) is 24.8 Å². The average Bonchev–Trinajstić information content (AvgIpc) is 2.49. The Morgan fingerprint density at radius 2 is 2.14 bits per heavy atom. The van der Waals surface area contributed by atoms with Crippen LogP contribution in [0.15, 0.2) is 6.20 Å². The molecule has 4 heteroatoms. The van der Waals surface area contributed by atoms with Gasteiger partial charge in [0.05, 0.1) is 5.69 Å². The number of nitrogens with zero attached hydrogens (tertiary/aromatic N) is 3. The van der Waals surface area contributed by atoms with Crippen molar-refractivity contribution in [2.24, 2.45) is 0 Å². The maximum atomic E-state index is 4.09. The van der Waals surface area contributed by atoms with E-state index in [-0.39, 0.29) is 5.54 Å². The Labute approximate surface area is 85.7 Å². The summed E-state index contributed by atoms with van der Waals surface area (Å²) in [6.07, 6.45) is 3.09. The molecule has 0 aliphatic heterocycles. The summed E-state index contributed by atoms with van der Waals surface area (Å²) in [5, 5.41) is 11.5. The van der Waals surface area contributed by atoms with Gasteiger partial charge in [-0.05, 0) is 27.2 Å². The molecule has 0 aliphatic carbocycles. The first kappa shape index (κ1) is 11.2. The Hall–Kier alpha value is -0.900. The molecule has 0 bridgehead atoms. The molecule has 0 saturated carbocycles.